The minimum atomic E-state index is -4.83. The SMILES string of the molecule is Nc1c(Br)ccc(C(F)(F)F)c1C(F)F. The van der Waals surface area contributed by atoms with E-state index in [1.54, 1.807) is 0 Å². The minimum Gasteiger partial charge on any atom is -0.397 e. The smallest absolute Gasteiger partial charge is 0.397 e. The molecule has 0 unspecified atom stereocenters. The number of nitrogen functional groups attached to an aromatic ring is 1. The van der Waals surface area contributed by atoms with Gasteiger partial charge in [0.1, 0.15) is 0 Å². The number of anilines is 1. The molecule has 0 saturated carbocycles. The van der Waals surface area contributed by atoms with Gasteiger partial charge in [0.05, 0.1) is 16.8 Å². The summed E-state index contributed by atoms with van der Waals surface area (Å²) in [5.41, 5.74) is 1.98. The fraction of sp³-hybridized carbons (Fsp3) is 0.250. The molecule has 0 heterocycles. The van der Waals surface area contributed by atoms with Crippen molar-refractivity contribution in [2.24, 2.45) is 0 Å². The largest absolute Gasteiger partial charge is 0.416 e. The highest BCUT2D eigenvalue weighted by Crippen LogP contribution is 2.41. The van der Waals surface area contributed by atoms with Gasteiger partial charge >= 0.3 is 6.18 Å². The summed E-state index contributed by atoms with van der Waals surface area (Å²) in [6.07, 6.45) is -8.10. The first kappa shape index (κ1) is 12.2. The molecule has 0 aliphatic heterocycles. The Morgan fingerprint density at radius 3 is 2.13 bits per heavy atom. The number of benzene rings is 1. The number of rotatable bonds is 1. The predicted octanol–water partition coefficient (Wildman–Crippen LogP) is 3.99. The number of hydrogen-bond donors (Lipinski definition) is 1. The van der Waals surface area contributed by atoms with Gasteiger partial charge in [0.2, 0.25) is 0 Å². The van der Waals surface area contributed by atoms with Crippen LogP contribution in [0.2, 0.25) is 0 Å². The van der Waals surface area contributed by atoms with Crippen LogP contribution in [-0.2, 0) is 6.18 Å². The molecule has 0 bridgehead atoms. The lowest BCUT2D eigenvalue weighted by molar-refractivity contribution is -0.139. The summed E-state index contributed by atoms with van der Waals surface area (Å²) in [7, 11) is 0. The van der Waals surface area contributed by atoms with E-state index in [1.165, 1.54) is 0 Å². The third-order valence-electron chi connectivity index (χ3n) is 1.76. The van der Waals surface area contributed by atoms with E-state index < -0.39 is 29.4 Å². The zero-order valence-electron chi connectivity index (χ0n) is 7.08. The zero-order valence-corrected chi connectivity index (χ0v) is 8.66. The average molecular weight is 290 g/mol. The van der Waals surface area contributed by atoms with E-state index >= 15 is 0 Å². The highest BCUT2D eigenvalue weighted by Gasteiger charge is 2.37. The Labute approximate surface area is 90.2 Å². The van der Waals surface area contributed by atoms with Crippen molar-refractivity contribution < 1.29 is 22.0 Å². The third-order valence-corrected chi connectivity index (χ3v) is 2.45. The van der Waals surface area contributed by atoms with E-state index in [-0.39, 0.29) is 4.47 Å². The molecule has 7 heteroatoms. The summed E-state index contributed by atoms with van der Waals surface area (Å²) in [4.78, 5) is 0. The molecule has 84 valence electrons. The number of alkyl halides is 5. The van der Waals surface area contributed by atoms with Crippen LogP contribution in [0, 0.1) is 0 Å². The number of nitrogens with two attached hydrogens (primary N) is 1. The lowest BCUT2D eigenvalue weighted by atomic mass is 10.1. The lowest BCUT2D eigenvalue weighted by Crippen LogP contribution is -2.12. The summed E-state index contributed by atoms with van der Waals surface area (Å²) in [5, 5.41) is 0. The van der Waals surface area contributed by atoms with Crippen molar-refractivity contribution in [3.05, 3.63) is 27.7 Å². The quantitative estimate of drug-likeness (QED) is 0.614. The molecular formula is C8H5BrF5N. The van der Waals surface area contributed by atoms with Crippen molar-refractivity contribution in [3.8, 4) is 0 Å². The van der Waals surface area contributed by atoms with Crippen LogP contribution in [0.1, 0.15) is 17.6 Å². The molecule has 0 aromatic heterocycles. The van der Waals surface area contributed by atoms with Crippen LogP contribution in [0.3, 0.4) is 0 Å². The molecule has 1 nitrogen and oxygen atoms in total. The Hall–Kier alpha value is -0.850. The minimum absolute atomic E-state index is 0.0193. The Kier molecular flexibility index (Phi) is 3.22. The van der Waals surface area contributed by atoms with E-state index in [0.717, 1.165) is 6.07 Å². The Morgan fingerprint density at radius 1 is 1.20 bits per heavy atom. The Bertz CT molecular complexity index is 374. The van der Waals surface area contributed by atoms with E-state index in [2.05, 4.69) is 15.9 Å². The molecule has 0 radical (unpaired) electrons. The third kappa shape index (κ3) is 2.39. The maximum atomic E-state index is 12.4. The van der Waals surface area contributed by atoms with Crippen LogP contribution in [-0.4, -0.2) is 0 Å². The second-order valence-corrected chi connectivity index (χ2v) is 3.58. The highest BCUT2D eigenvalue weighted by molar-refractivity contribution is 9.10. The summed E-state index contributed by atoms with van der Waals surface area (Å²) in [6, 6.07) is 1.56. The fourth-order valence-electron chi connectivity index (χ4n) is 1.09. The van der Waals surface area contributed by atoms with E-state index in [1.807, 2.05) is 0 Å². The van der Waals surface area contributed by atoms with Crippen molar-refractivity contribution in [2.75, 3.05) is 5.73 Å². The Morgan fingerprint density at radius 2 is 1.73 bits per heavy atom. The second kappa shape index (κ2) is 3.96. The molecule has 15 heavy (non-hydrogen) atoms. The van der Waals surface area contributed by atoms with Crippen LogP contribution in [0.4, 0.5) is 27.6 Å². The van der Waals surface area contributed by atoms with E-state index in [9.17, 15) is 22.0 Å². The van der Waals surface area contributed by atoms with Gasteiger partial charge in [-0.15, -0.1) is 0 Å². The molecule has 0 aliphatic rings. The summed E-state index contributed by atoms with van der Waals surface area (Å²) >= 11 is 2.79. The molecule has 1 aromatic carbocycles. The van der Waals surface area contributed by atoms with Gasteiger partial charge in [-0.25, -0.2) is 8.78 Å². The van der Waals surface area contributed by atoms with Gasteiger partial charge in [-0.1, -0.05) is 0 Å². The average Bonchev–Trinajstić information content (AvgIpc) is 2.06. The lowest BCUT2D eigenvalue weighted by Gasteiger charge is -2.15. The van der Waals surface area contributed by atoms with Crippen LogP contribution in [0.5, 0.6) is 0 Å². The van der Waals surface area contributed by atoms with Crippen LogP contribution in [0.15, 0.2) is 16.6 Å². The molecule has 0 aliphatic carbocycles. The molecule has 2 N–H and O–H groups in total. The second-order valence-electron chi connectivity index (χ2n) is 2.72. The van der Waals surface area contributed by atoms with Gasteiger partial charge in [0.15, 0.2) is 0 Å². The van der Waals surface area contributed by atoms with Gasteiger partial charge in [-0.05, 0) is 28.1 Å². The van der Waals surface area contributed by atoms with Crippen molar-refractivity contribution in [1.29, 1.82) is 0 Å². The fourth-order valence-corrected chi connectivity index (χ4v) is 1.44. The molecule has 1 aromatic rings. The van der Waals surface area contributed by atoms with Gasteiger partial charge in [-0.2, -0.15) is 13.2 Å². The molecule has 0 amide bonds. The summed E-state index contributed by atoms with van der Waals surface area (Å²) in [5.74, 6) is 0. The van der Waals surface area contributed by atoms with Gasteiger partial charge in [0, 0.05) is 4.47 Å². The van der Waals surface area contributed by atoms with E-state index in [0.29, 0.717) is 6.07 Å². The topological polar surface area (TPSA) is 26.0 Å². The van der Waals surface area contributed by atoms with Gasteiger partial charge in [-0.3, -0.25) is 0 Å². The molecular weight excluding hydrogens is 285 g/mol. The molecule has 1 rings (SSSR count). The van der Waals surface area contributed by atoms with Crippen molar-refractivity contribution in [2.45, 2.75) is 12.6 Å². The number of hydrogen-bond acceptors (Lipinski definition) is 1. The van der Waals surface area contributed by atoms with Crippen molar-refractivity contribution >= 4 is 21.6 Å². The summed E-state index contributed by atoms with van der Waals surface area (Å²) in [6.45, 7) is 0. The van der Waals surface area contributed by atoms with Gasteiger partial charge in [0.25, 0.3) is 6.43 Å². The first-order valence-electron chi connectivity index (χ1n) is 3.68. The normalized spacial score (nSPS) is 12.2. The predicted molar refractivity (Wildman–Crippen MR) is 48.5 cm³/mol. The number of halogens is 6. The molecule has 0 fully saturated rings. The highest BCUT2D eigenvalue weighted by atomic mass is 79.9. The van der Waals surface area contributed by atoms with Gasteiger partial charge < -0.3 is 5.73 Å². The van der Waals surface area contributed by atoms with Crippen LogP contribution in [0.25, 0.3) is 0 Å². The molecule has 0 atom stereocenters. The zero-order chi connectivity index (χ0) is 11.8. The summed E-state index contributed by atoms with van der Waals surface area (Å²) < 4.78 is 61.8. The monoisotopic (exact) mass is 289 g/mol. The van der Waals surface area contributed by atoms with Crippen LogP contribution >= 0.6 is 15.9 Å². The van der Waals surface area contributed by atoms with Crippen molar-refractivity contribution in [3.63, 3.8) is 0 Å². The Balaban J connectivity index is 3.47. The van der Waals surface area contributed by atoms with Crippen molar-refractivity contribution in [1.82, 2.24) is 0 Å². The maximum absolute atomic E-state index is 12.4. The first-order valence-corrected chi connectivity index (χ1v) is 4.47. The maximum Gasteiger partial charge on any atom is 0.416 e. The first-order chi connectivity index (χ1) is 6.75. The molecule has 0 saturated heterocycles. The van der Waals surface area contributed by atoms with E-state index in [4.69, 9.17) is 5.73 Å². The standard InChI is InChI=1S/C8H5BrF5N/c9-4-2-1-3(8(12,13)14)5(6(4)15)7(10)11/h1-2,7H,15H2. The molecule has 0 spiro atoms. The van der Waals surface area contributed by atoms with Crippen LogP contribution < -0.4 is 5.73 Å².